The monoisotopic (exact) mass is 306 g/mol. The molecule has 3 heteroatoms. The summed E-state index contributed by atoms with van der Waals surface area (Å²) in [7, 11) is 0. The van der Waals surface area contributed by atoms with Gasteiger partial charge in [0.2, 0.25) is 0 Å². The highest BCUT2D eigenvalue weighted by atomic mass is 35.5. The smallest absolute Gasteiger partial charge is 0.119 e. The van der Waals surface area contributed by atoms with E-state index in [0.717, 1.165) is 11.1 Å². The van der Waals surface area contributed by atoms with Gasteiger partial charge in [0.1, 0.15) is 11.5 Å². The van der Waals surface area contributed by atoms with Gasteiger partial charge < -0.3 is 10.2 Å². The summed E-state index contributed by atoms with van der Waals surface area (Å²) in [5.74, 6) is 1.44. The molecule has 0 aliphatic carbocycles. The Kier molecular flexibility index (Phi) is 6.57. The van der Waals surface area contributed by atoms with Gasteiger partial charge >= 0.3 is 0 Å². The van der Waals surface area contributed by atoms with Crippen molar-refractivity contribution in [2.24, 2.45) is 0 Å². The van der Waals surface area contributed by atoms with E-state index in [1.165, 1.54) is 0 Å². The summed E-state index contributed by atoms with van der Waals surface area (Å²) in [6.45, 7) is 8.17. The molecule has 2 aromatic rings. The maximum Gasteiger partial charge on any atom is 0.119 e. The first-order chi connectivity index (χ1) is 9.82. The third kappa shape index (κ3) is 5.31. The molecule has 0 bridgehead atoms. The lowest BCUT2D eigenvalue weighted by Gasteiger charge is -2.07. The minimum absolute atomic E-state index is 0.314. The molecule has 0 aliphatic rings. The number of hydrogen-bond donors (Lipinski definition) is 2. The van der Waals surface area contributed by atoms with E-state index < -0.39 is 0 Å². The van der Waals surface area contributed by atoms with E-state index in [1.807, 2.05) is 32.0 Å². The number of benzene rings is 2. The van der Waals surface area contributed by atoms with E-state index in [4.69, 9.17) is 11.6 Å². The van der Waals surface area contributed by atoms with Crippen LogP contribution in [0.3, 0.4) is 0 Å². The molecular formula is C18H23ClO2. The number of phenols is 2. The standard InChI is InChI=1S/C9H11ClO.C9H12O/c1-6(2)8-5-7(10)3-4-9(8)11;1-7(2)8-5-3-4-6-9(8)10/h3-6,11H,1-2H3;3-7,10H,1-2H3. The molecule has 0 saturated carbocycles. The van der Waals surface area contributed by atoms with E-state index in [2.05, 4.69) is 13.8 Å². The van der Waals surface area contributed by atoms with Crippen molar-refractivity contribution in [1.82, 2.24) is 0 Å². The van der Waals surface area contributed by atoms with Gasteiger partial charge in [0.05, 0.1) is 0 Å². The summed E-state index contributed by atoms with van der Waals surface area (Å²) >= 11 is 5.75. The Morgan fingerprint density at radius 2 is 1.29 bits per heavy atom. The van der Waals surface area contributed by atoms with E-state index in [-0.39, 0.29) is 0 Å². The molecule has 2 rings (SSSR count). The largest absolute Gasteiger partial charge is 0.508 e. The minimum atomic E-state index is 0.314. The maximum atomic E-state index is 9.35. The van der Waals surface area contributed by atoms with Crippen LogP contribution in [0.2, 0.25) is 5.02 Å². The van der Waals surface area contributed by atoms with Crippen LogP contribution in [0.5, 0.6) is 11.5 Å². The molecule has 2 N–H and O–H groups in total. The molecule has 2 nitrogen and oxygen atoms in total. The van der Waals surface area contributed by atoms with Crippen LogP contribution in [0.1, 0.15) is 50.7 Å². The second-order valence-electron chi connectivity index (χ2n) is 5.57. The predicted molar refractivity (Wildman–Crippen MR) is 89.4 cm³/mol. The van der Waals surface area contributed by atoms with Crippen molar-refractivity contribution in [3.8, 4) is 11.5 Å². The fraction of sp³-hybridized carbons (Fsp3) is 0.333. The van der Waals surface area contributed by atoms with Crippen LogP contribution in [0, 0.1) is 0 Å². The first kappa shape index (κ1) is 17.4. The average Bonchev–Trinajstić information content (AvgIpc) is 2.42. The fourth-order valence-electron chi connectivity index (χ4n) is 1.96. The van der Waals surface area contributed by atoms with Crippen molar-refractivity contribution in [2.45, 2.75) is 39.5 Å². The third-order valence-corrected chi connectivity index (χ3v) is 3.41. The lowest BCUT2D eigenvalue weighted by atomic mass is 10.0. The predicted octanol–water partition coefficient (Wildman–Crippen LogP) is 5.68. The highest BCUT2D eigenvalue weighted by Crippen LogP contribution is 2.27. The molecule has 21 heavy (non-hydrogen) atoms. The molecule has 0 fully saturated rings. The Balaban J connectivity index is 0.000000211. The molecule has 0 heterocycles. The Morgan fingerprint density at radius 3 is 1.71 bits per heavy atom. The fourth-order valence-corrected chi connectivity index (χ4v) is 2.14. The molecule has 0 spiro atoms. The average molecular weight is 307 g/mol. The molecule has 0 saturated heterocycles. The van der Waals surface area contributed by atoms with Gasteiger partial charge in [-0.05, 0) is 47.2 Å². The van der Waals surface area contributed by atoms with E-state index >= 15 is 0 Å². The Hall–Kier alpha value is -1.67. The molecule has 114 valence electrons. The van der Waals surface area contributed by atoms with Gasteiger partial charge in [0, 0.05) is 5.02 Å². The van der Waals surface area contributed by atoms with Crippen molar-refractivity contribution in [3.63, 3.8) is 0 Å². The highest BCUT2D eigenvalue weighted by Gasteiger charge is 2.05. The first-order valence-corrected chi connectivity index (χ1v) is 7.47. The Morgan fingerprint density at radius 1 is 0.762 bits per heavy atom. The van der Waals surface area contributed by atoms with Crippen LogP contribution >= 0.6 is 11.6 Å². The Bertz CT molecular complexity index is 577. The quantitative estimate of drug-likeness (QED) is 0.749. The van der Waals surface area contributed by atoms with Gasteiger partial charge in [0.15, 0.2) is 0 Å². The van der Waals surface area contributed by atoms with Gasteiger partial charge in [-0.1, -0.05) is 57.5 Å². The lowest BCUT2D eigenvalue weighted by molar-refractivity contribution is 0.464. The second kappa shape index (κ2) is 7.94. The zero-order chi connectivity index (χ0) is 16.0. The number of rotatable bonds is 2. The SMILES string of the molecule is CC(C)c1cc(Cl)ccc1O.CC(C)c1ccccc1O. The van der Waals surface area contributed by atoms with Crippen molar-refractivity contribution in [3.05, 3.63) is 58.6 Å². The number of halogens is 1. The minimum Gasteiger partial charge on any atom is -0.508 e. The van der Waals surface area contributed by atoms with Crippen LogP contribution in [0.25, 0.3) is 0 Å². The molecule has 0 amide bonds. The zero-order valence-electron chi connectivity index (χ0n) is 13.0. The maximum absolute atomic E-state index is 9.35. The van der Waals surface area contributed by atoms with Crippen molar-refractivity contribution in [2.75, 3.05) is 0 Å². The van der Waals surface area contributed by atoms with E-state index in [1.54, 1.807) is 24.3 Å². The van der Waals surface area contributed by atoms with Gasteiger partial charge in [-0.3, -0.25) is 0 Å². The topological polar surface area (TPSA) is 40.5 Å². The van der Waals surface area contributed by atoms with Crippen molar-refractivity contribution in [1.29, 1.82) is 0 Å². The summed E-state index contributed by atoms with van der Waals surface area (Å²) in [6.07, 6.45) is 0. The summed E-state index contributed by atoms with van der Waals surface area (Å²) in [4.78, 5) is 0. The normalized spacial score (nSPS) is 10.4. The molecule has 2 aromatic carbocycles. The van der Waals surface area contributed by atoms with Gasteiger partial charge in [-0.25, -0.2) is 0 Å². The first-order valence-electron chi connectivity index (χ1n) is 7.09. The summed E-state index contributed by atoms with van der Waals surface area (Å²) in [6, 6.07) is 12.5. The van der Waals surface area contributed by atoms with Gasteiger partial charge in [0.25, 0.3) is 0 Å². The molecule has 0 aliphatic heterocycles. The highest BCUT2D eigenvalue weighted by molar-refractivity contribution is 6.30. The number of phenolic OH excluding ortho intramolecular Hbond substituents is 2. The van der Waals surface area contributed by atoms with E-state index in [0.29, 0.717) is 28.4 Å². The molecule has 0 unspecified atom stereocenters. The van der Waals surface area contributed by atoms with Crippen LogP contribution in [-0.4, -0.2) is 10.2 Å². The van der Waals surface area contributed by atoms with Gasteiger partial charge in [-0.2, -0.15) is 0 Å². The van der Waals surface area contributed by atoms with Crippen LogP contribution in [-0.2, 0) is 0 Å². The van der Waals surface area contributed by atoms with Crippen molar-refractivity contribution < 1.29 is 10.2 Å². The number of hydrogen-bond acceptors (Lipinski definition) is 2. The molecular weight excluding hydrogens is 284 g/mol. The second-order valence-corrected chi connectivity index (χ2v) is 6.01. The van der Waals surface area contributed by atoms with Crippen LogP contribution < -0.4 is 0 Å². The molecule has 0 aromatic heterocycles. The molecule has 0 atom stereocenters. The number of aromatic hydroxyl groups is 2. The number of para-hydroxylation sites is 1. The summed E-state index contributed by atoms with van der Waals surface area (Å²) in [5.41, 5.74) is 1.92. The summed E-state index contributed by atoms with van der Waals surface area (Å²) in [5, 5.41) is 19.3. The van der Waals surface area contributed by atoms with E-state index in [9.17, 15) is 10.2 Å². The third-order valence-electron chi connectivity index (χ3n) is 3.17. The zero-order valence-corrected chi connectivity index (χ0v) is 13.7. The van der Waals surface area contributed by atoms with Crippen LogP contribution in [0.15, 0.2) is 42.5 Å². The van der Waals surface area contributed by atoms with Crippen molar-refractivity contribution >= 4 is 11.6 Å². The van der Waals surface area contributed by atoms with Crippen LogP contribution in [0.4, 0.5) is 0 Å². The lowest BCUT2D eigenvalue weighted by Crippen LogP contribution is -1.87. The summed E-state index contributed by atoms with van der Waals surface area (Å²) < 4.78 is 0. The molecule has 0 radical (unpaired) electrons. The Labute approximate surface area is 132 Å². The van der Waals surface area contributed by atoms with Gasteiger partial charge in [-0.15, -0.1) is 0 Å².